The number of aromatic amines is 1. The van der Waals surface area contributed by atoms with Gasteiger partial charge >= 0.3 is 5.97 Å². The van der Waals surface area contributed by atoms with E-state index in [0.29, 0.717) is 18.7 Å². The number of aliphatic carboxylic acids is 1. The van der Waals surface area contributed by atoms with Gasteiger partial charge in [-0.1, -0.05) is 13.3 Å². The third-order valence-corrected chi connectivity index (χ3v) is 3.37. The monoisotopic (exact) mass is 266 g/mol. The van der Waals surface area contributed by atoms with Crippen LogP contribution >= 0.6 is 0 Å². The molecular formula is C12H18N4O3. The van der Waals surface area contributed by atoms with Crippen LogP contribution in [0.2, 0.25) is 0 Å². The molecule has 2 rings (SSSR count). The van der Waals surface area contributed by atoms with Crippen LogP contribution in [0.25, 0.3) is 0 Å². The van der Waals surface area contributed by atoms with Gasteiger partial charge in [-0.15, -0.1) is 5.10 Å². The highest BCUT2D eigenvalue weighted by atomic mass is 16.4. The summed E-state index contributed by atoms with van der Waals surface area (Å²) in [6, 6.07) is -0.321. The minimum atomic E-state index is -0.857. The van der Waals surface area contributed by atoms with E-state index >= 15 is 0 Å². The molecule has 3 N–H and O–H groups in total. The Morgan fingerprint density at radius 3 is 2.95 bits per heavy atom. The Kier molecular flexibility index (Phi) is 4.13. The van der Waals surface area contributed by atoms with Crippen LogP contribution in [0.4, 0.5) is 0 Å². The molecule has 2 unspecified atom stereocenters. The maximum Gasteiger partial charge on any atom is 0.308 e. The normalized spacial score (nSPS) is 22.4. The Hall–Kier alpha value is -1.92. The average molecular weight is 266 g/mol. The van der Waals surface area contributed by atoms with Gasteiger partial charge in [-0.3, -0.25) is 14.7 Å². The van der Waals surface area contributed by atoms with Crippen molar-refractivity contribution in [3.8, 4) is 0 Å². The zero-order valence-electron chi connectivity index (χ0n) is 10.8. The molecule has 0 aliphatic heterocycles. The van der Waals surface area contributed by atoms with Gasteiger partial charge in [0, 0.05) is 12.5 Å². The Balaban J connectivity index is 1.98. The number of aromatic nitrogens is 3. The van der Waals surface area contributed by atoms with E-state index in [1.807, 2.05) is 6.92 Å². The Bertz CT molecular complexity index is 471. The van der Waals surface area contributed by atoms with Gasteiger partial charge < -0.3 is 10.4 Å². The summed E-state index contributed by atoms with van der Waals surface area (Å²) in [5.41, 5.74) is 0. The number of nitrogens with one attached hydrogen (secondary N) is 2. The summed E-state index contributed by atoms with van der Waals surface area (Å²) in [5, 5.41) is 18.3. The summed E-state index contributed by atoms with van der Waals surface area (Å²) >= 11 is 0. The number of H-pyrrole nitrogens is 1. The van der Waals surface area contributed by atoms with Crippen molar-refractivity contribution < 1.29 is 14.7 Å². The highest BCUT2D eigenvalue weighted by molar-refractivity contribution is 5.91. The van der Waals surface area contributed by atoms with Gasteiger partial charge in [-0.25, -0.2) is 4.98 Å². The summed E-state index contributed by atoms with van der Waals surface area (Å²) in [5.74, 6) is -1.01. The van der Waals surface area contributed by atoms with Crippen LogP contribution in [-0.2, 0) is 11.2 Å². The summed E-state index contributed by atoms with van der Waals surface area (Å²) in [6.45, 7) is 2.01. The van der Waals surface area contributed by atoms with Gasteiger partial charge in [-0.2, -0.15) is 0 Å². The van der Waals surface area contributed by atoms with E-state index in [1.165, 1.54) is 0 Å². The van der Waals surface area contributed by atoms with E-state index in [2.05, 4.69) is 20.5 Å². The lowest BCUT2D eigenvalue weighted by Crippen LogP contribution is -2.40. The number of carbonyl (C=O) groups excluding carboxylic acids is 1. The predicted molar refractivity (Wildman–Crippen MR) is 66.6 cm³/mol. The molecule has 1 fully saturated rings. The fourth-order valence-corrected chi connectivity index (χ4v) is 2.41. The third kappa shape index (κ3) is 3.10. The highest BCUT2D eigenvalue weighted by Gasteiger charge is 2.34. The summed E-state index contributed by atoms with van der Waals surface area (Å²) < 4.78 is 0. The summed E-state index contributed by atoms with van der Waals surface area (Å²) in [7, 11) is 0. The first-order valence-electron chi connectivity index (χ1n) is 6.56. The Morgan fingerprint density at radius 1 is 1.47 bits per heavy atom. The van der Waals surface area contributed by atoms with Crippen LogP contribution in [-0.4, -0.2) is 38.2 Å². The number of carboxylic acids is 1. The molecule has 2 atom stereocenters. The molecule has 7 nitrogen and oxygen atoms in total. The van der Waals surface area contributed by atoms with Crippen molar-refractivity contribution in [1.29, 1.82) is 0 Å². The van der Waals surface area contributed by atoms with E-state index in [1.54, 1.807) is 0 Å². The first-order valence-corrected chi connectivity index (χ1v) is 6.56. The van der Waals surface area contributed by atoms with Gasteiger partial charge in [-0.05, 0) is 19.3 Å². The molecule has 19 heavy (non-hydrogen) atoms. The lowest BCUT2D eigenvalue weighted by Gasteiger charge is -2.16. The molecule has 1 aromatic rings. The fourth-order valence-electron chi connectivity index (χ4n) is 2.41. The summed E-state index contributed by atoms with van der Waals surface area (Å²) in [4.78, 5) is 27.1. The molecule has 0 bridgehead atoms. The topological polar surface area (TPSA) is 108 Å². The molecule has 1 aromatic heterocycles. The number of hydrogen-bond acceptors (Lipinski definition) is 4. The van der Waals surface area contributed by atoms with Crippen LogP contribution in [0.1, 0.15) is 49.1 Å². The molecule has 104 valence electrons. The van der Waals surface area contributed by atoms with Crippen LogP contribution < -0.4 is 5.32 Å². The van der Waals surface area contributed by atoms with E-state index in [4.69, 9.17) is 5.11 Å². The quantitative estimate of drug-likeness (QED) is 0.728. The first-order chi connectivity index (χ1) is 9.11. The van der Waals surface area contributed by atoms with Crippen LogP contribution in [0.5, 0.6) is 0 Å². The van der Waals surface area contributed by atoms with E-state index < -0.39 is 17.8 Å². The predicted octanol–water partition coefficient (Wildman–Crippen LogP) is 0.740. The molecule has 1 aliphatic carbocycles. The molecule has 0 aromatic carbocycles. The molecule has 1 aliphatic rings. The smallest absolute Gasteiger partial charge is 0.308 e. The molecular weight excluding hydrogens is 248 g/mol. The van der Waals surface area contributed by atoms with Crippen LogP contribution in [0, 0.1) is 5.92 Å². The number of rotatable bonds is 5. The third-order valence-electron chi connectivity index (χ3n) is 3.37. The number of amides is 1. The molecule has 0 saturated heterocycles. The van der Waals surface area contributed by atoms with Crippen molar-refractivity contribution in [2.45, 2.75) is 45.1 Å². The largest absolute Gasteiger partial charge is 0.481 e. The van der Waals surface area contributed by atoms with E-state index in [0.717, 1.165) is 19.3 Å². The lowest BCUT2D eigenvalue weighted by molar-refractivity contribution is -0.142. The zero-order chi connectivity index (χ0) is 13.8. The lowest BCUT2D eigenvalue weighted by atomic mass is 10.0. The zero-order valence-corrected chi connectivity index (χ0v) is 10.8. The van der Waals surface area contributed by atoms with Crippen molar-refractivity contribution in [2.75, 3.05) is 0 Å². The summed E-state index contributed by atoms with van der Waals surface area (Å²) in [6.07, 6.45) is 3.77. The molecule has 1 heterocycles. The minimum Gasteiger partial charge on any atom is -0.481 e. The molecule has 1 saturated carbocycles. The van der Waals surface area contributed by atoms with E-state index in [-0.39, 0.29) is 11.9 Å². The number of nitrogens with zero attached hydrogens (tertiary/aromatic N) is 2. The maximum atomic E-state index is 11.9. The van der Waals surface area contributed by atoms with Crippen molar-refractivity contribution >= 4 is 11.9 Å². The fraction of sp³-hybridized carbons (Fsp3) is 0.667. The van der Waals surface area contributed by atoms with Crippen LogP contribution in [0.15, 0.2) is 0 Å². The van der Waals surface area contributed by atoms with Crippen molar-refractivity contribution in [2.24, 2.45) is 5.92 Å². The second-order valence-electron chi connectivity index (χ2n) is 4.81. The Labute approximate surface area is 110 Å². The maximum absolute atomic E-state index is 11.9. The van der Waals surface area contributed by atoms with Crippen molar-refractivity contribution in [1.82, 2.24) is 20.5 Å². The van der Waals surface area contributed by atoms with Crippen LogP contribution in [0.3, 0.4) is 0 Å². The van der Waals surface area contributed by atoms with Gasteiger partial charge in [0.1, 0.15) is 5.82 Å². The van der Waals surface area contributed by atoms with Gasteiger partial charge in [0.25, 0.3) is 5.91 Å². The highest BCUT2D eigenvalue weighted by Crippen LogP contribution is 2.25. The van der Waals surface area contributed by atoms with E-state index in [9.17, 15) is 9.59 Å². The molecule has 0 radical (unpaired) electrons. The average Bonchev–Trinajstić information content (AvgIpc) is 2.98. The SMILES string of the molecule is CCCc1nc(C(=O)NC2CCCC2C(=O)O)n[nH]1. The number of carbonyl (C=O) groups is 2. The molecule has 1 amide bonds. The second-order valence-corrected chi connectivity index (χ2v) is 4.81. The van der Waals surface area contributed by atoms with Gasteiger partial charge in [0.2, 0.25) is 5.82 Å². The van der Waals surface area contributed by atoms with Crippen molar-refractivity contribution in [3.05, 3.63) is 11.6 Å². The van der Waals surface area contributed by atoms with Gasteiger partial charge in [0.05, 0.1) is 5.92 Å². The van der Waals surface area contributed by atoms with Crippen molar-refractivity contribution in [3.63, 3.8) is 0 Å². The number of carboxylic acid groups (broad SMARTS) is 1. The second kappa shape index (κ2) is 5.81. The Morgan fingerprint density at radius 2 is 2.26 bits per heavy atom. The molecule has 0 spiro atoms. The number of aryl methyl sites for hydroxylation is 1. The first kappa shape index (κ1) is 13.5. The number of hydrogen-bond donors (Lipinski definition) is 3. The van der Waals surface area contributed by atoms with Gasteiger partial charge in [0.15, 0.2) is 0 Å². The molecule has 7 heteroatoms. The standard InChI is InChI=1S/C12H18N4O3/c1-2-4-9-14-10(16-15-9)11(17)13-8-6-3-5-7(8)12(18)19/h7-8H,2-6H2,1H3,(H,13,17)(H,18,19)(H,14,15,16). The minimum absolute atomic E-state index is 0.0829.